The molecule has 0 radical (unpaired) electrons. The summed E-state index contributed by atoms with van der Waals surface area (Å²) in [5.74, 6) is -0.0112. The molecule has 0 spiro atoms. The minimum Gasteiger partial charge on any atom is -0.495 e. The molecule has 0 aliphatic heterocycles. The highest BCUT2D eigenvalue weighted by Gasteiger charge is 2.17. The fourth-order valence-electron chi connectivity index (χ4n) is 1.93. The summed E-state index contributed by atoms with van der Waals surface area (Å²) in [6.45, 7) is 8.35. The van der Waals surface area contributed by atoms with Gasteiger partial charge in [-0.3, -0.25) is 9.59 Å². The molecule has 0 saturated heterocycles. The van der Waals surface area contributed by atoms with Crippen LogP contribution in [0.4, 0.5) is 5.69 Å². The van der Waals surface area contributed by atoms with Crippen LogP contribution in [0.3, 0.4) is 0 Å². The van der Waals surface area contributed by atoms with Crippen molar-refractivity contribution in [2.24, 2.45) is 0 Å². The maximum atomic E-state index is 12.0. The van der Waals surface area contributed by atoms with Crippen LogP contribution in [0.5, 0.6) is 5.75 Å². The number of esters is 1. The second kappa shape index (κ2) is 7.82. The number of hydrogen-bond donors (Lipinski definition) is 1. The molecule has 0 aliphatic rings. The molecule has 1 N–H and O–H groups in total. The summed E-state index contributed by atoms with van der Waals surface area (Å²) in [5, 5.41) is 2.80. The van der Waals surface area contributed by atoms with Crippen LogP contribution in [-0.4, -0.2) is 25.6 Å². The van der Waals surface area contributed by atoms with Gasteiger partial charge in [0.1, 0.15) is 5.75 Å². The Morgan fingerprint density at radius 2 is 1.86 bits per heavy atom. The fraction of sp³-hybridized carbons (Fsp3) is 0.529. The Bertz CT molecular complexity index is 532. The van der Waals surface area contributed by atoms with E-state index in [0.29, 0.717) is 18.0 Å². The van der Waals surface area contributed by atoms with Gasteiger partial charge in [0.05, 0.1) is 25.8 Å². The van der Waals surface area contributed by atoms with Gasteiger partial charge >= 0.3 is 5.97 Å². The van der Waals surface area contributed by atoms with Crippen LogP contribution < -0.4 is 10.1 Å². The van der Waals surface area contributed by atoms with Crippen molar-refractivity contribution in [3.05, 3.63) is 23.8 Å². The Morgan fingerprint density at radius 3 is 2.41 bits per heavy atom. The lowest BCUT2D eigenvalue weighted by Gasteiger charge is -2.21. The second-order valence-corrected chi connectivity index (χ2v) is 6.02. The quantitative estimate of drug-likeness (QED) is 0.819. The summed E-state index contributed by atoms with van der Waals surface area (Å²) in [6, 6.07) is 5.72. The zero-order valence-corrected chi connectivity index (χ0v) is 14.0. The van der Waals surface area contributed by atoms with Crippen LogP contribution in [0.15, 0.2) is 18.2 Å². The van der Waals surface area contributed by atoms with E-state index in [4.69, 9.17) is 9.47 Å². The van der Waals surface area contributed by atoms with Gasteiger partial charge < -0.3 is 14.8 Å². The Hall–Kier alpha value is -2.04. The van der Waals surface area contributed by atoms with Crippen molar-refractivity contribution in [3.8, 4) is 5.75 Å². The SMILES string of the molecule is CCOC(=O)CCC(=O)Nc1cc(C(C)(C)C)ccc1OC. The van der Waals surface area contributed by atoms with Gasteiger partial charge in [0.25, 0.3) is 0 Å². The second-order valence-electron chi connectivity index (χ2n) is 6.02. The van der Waals surface area contributed by atoms with Crippen molar-refractivity contribution in [1.29, 1.82) is 0 Å². The number of anilines is 1. The molecular formula is C17H25NO4. The van der Waals surface area contributed by atoms with Gasteiger partial charge in [0.15, 0.2) is 0 Å². The molecule has 5 heteroatoms. The normalized spacial score (nSPS) is 11.0. The third-order valence-corrected chi connectivity index (χ3v) is 3.20. The number of rotatable bonds is 6. The lowest BCUT2D eigenvalue weighted by Crippen LogP contribution is -2.16. The van der Waals surface area contributed by atoms with Crippen molar-refractivity contribution in [2.45, 2.75) is 46.0 Å². The van der Waals surface area contributed by atoms with Crippen molar-refractivity contribution in [1.82, 2.24) is 0 Å². The molecule has 0 heterocycles. The summed E-state index contributed by atoms with van der Waals surface area (Å²) >= 11 is 0. The molecule has 0 atom stereocenters. The van der Waals surface area contributed by atoms with Crippen LogP contribution in [0.1, 0.15) is 46.1 Å². The Kier molecular flexibility index (Phi) is 6.40. The molecule has 0 saturated carbocycles. The molecule has 1 amide bonds. The number of carbonyl (C=O) groups is 2. The van der Waals surface area contributed by atoms with Crippen LogP contribution in [0.2, 0.25) is 0 Å². The Balaban J connectivity index is 2.78. The first-order chi connectivity index (χ1) is 10.3. The van der Waals surface area contributed by atoms with Crippen LogP contribution in [0.25, 0.3) is 0 Å². The van der Waals surface area contributed by atoms with Crippen molar-refractivity contribution in [2.75, 3.05) is 19.0 Å². The highest BCUT2D eigenvalue weighted by Crippen LogP contribution is 2.31. The van der Waals surface area contributed by atoms with Crippen molar-refractivity contribution >= 4 is 17.6 Å². The standard InChI is InChI=1S/C17H25NO4/c1-6-22-16(20)10-9-15(19)18-13-11-12(17(2,3)4)7-8-14(13)21-5/h7-8,11H,6,9-10H2,1-5H3,(H,18,19). The van der Waals surface area contributed by atoms with E-state index in [9.17, 15) is 9.59 Å². The van der Waals surface area contributed by atoms with Crippen LogP contribution in [-0.2, 0) is 19.7 Å². The van der Waals surface area contributed by atoms with E-state index in [0.717, 1.165) is 5.56 Å². The molecule has 122 valence electrons. The van der Waals surface area contributed by atoms with E-state index < -0.39 is 0 Å². The lowest BCUT2D eigenvalue weighted by atomic mass is 9.87. The minimum atomic E-state index is -0.368. The maximum absolute atomic E-state index is 12.0. The van der Waals surface area contributed by atoms with Crippen LogP contribution >= 0.6 is 0 Å². The predicted octanol–water partition coefficient (Wildman–Crippen LogP) is 3.27. The molecule has 1 aromatic carbocycles. The van der Waals surface area contributed by atoms with Gasteiger partial charge in [0, 0.05) is 6.42 Å². The van der Waals surface area contributed by atoms with Gasteiger partial charge in [0.2, 0.25) is 5.91 Å². The molecule has 0 unspecified atom stereocenters. The number of benzene rings is 1. The molecular weight excluding hydrogens is 282 g/mol. The van der Waals surface area contributed by atoms with E-state index >= 15 is 0 Å². The summed E-state index contributed by atoms with van der Waals surface area (Å²) < 4.78 is 10.1. The zero-order valence-electron chi connectivity index (χ0n) is 14.0. The van der Waals surface area contributed by atoms with Gasteiger partial charge in [-0.25, -0.2) is 0 Å². The number of ether oxygens (including phenoxy) is 2. The van der Waals surface area contributed by atoms with Crippen LogP contribution in [0, 0.1) is 0 Å². The smallest absolute Gasteiger partial charge is 0.306 e. The molecule has 5 nitrogen and oxygen atoms in total. The molecule has 0 bridgehead atoms. The lowest BCUT2D eigenvalue weighted by molar-refractivity contribution is -0.144. The maximum Gasteiger partial charge on any atom is 0.306 e. The molecule has 0 fully saturated rings. The third kappa shape index (κ3) is 5.39. The van der Waals surface area contributed by atoms with Gasteiger partial charge in [-0.05, 0) is 30.0 Å². The van der Waals surface area contributed by atoms with E-state index in [-0.39, 0.29) is 30.1 Å². The van der Waals surface area contributed by atoms with E-state index in [1.807, 2.05) is 18.2 Å². The average molecular weight is 307 g/mol. The van der Waals surface area contributed by atoms with E-state index in [1.54, 1.807) is 14.0 Å². The molecule has 1 rings (SSSR count). The first-order valence-electron chi connectivity index (χ1n) is 7.42. The molecule has 1 aromatic rings. The number of hydrogen-bond acceptors (Lipinski definition) is 4. The van der Waals surface area contributed by atoms with Gasteiger partial charge in [-0.1, -0.05) is 26.8 Å². The molecule has 0 aliphatic carbocycles. The molecule has 22 heavy (non-hydrogen) atoms. The van der Waals surface area contributed by atoms with E-state index in [2.05, 4.69) is 26.1 Å². The summed E-state index contributed by atoms with van der Waals surface area (Å²) in [4.78, 5) is 23.3. The van der Waals surface area contributed by atoms with Gasteiger partial charge in [-0.2, -0.15) is 0 Å². The minimum absolute atomic E-state index is 0.0311. The largest absolute Gasteiger partial charge is 0.495 e. The number of nitrogens with one attached hydrogen (secondary N) is 1. The summed E-state index contributed by atoms with van der Waals surface area (Å²) in [5.41, 5.74) is 1.68. The number of methoxy groups -OCH3 is 1. The first kappa shape index (κ1) is 18.0. The summed E-state index contributed by atoms with van der Waals surface area (Å²) in [6.07, 6.45) is 0.155. The fourth-order valence-corrected chi connectivity index (χ4v) is 1.93. The predicted molar refractivity (Wildman–Crippen MR) is 86.2 cm³/mol. The van der Waals surface area contributed by atoms with E-state index in [1.165, 1.54) is 0 Å². The number of amides is 1. The monoisotopic (exact) mass is 307 g/mol. The average Bonchev–Trinajstić information content (AvgIpc) is 2.44. The van der Waals surface area contributed by atoms with Crippen molar-refractivity contribution in [3.63, 3.8) is 0 Å². The zero-order chi connectivity index (χ0) is 16.8. The topological polar surface area (TPSA) is 64.6 Å². The van der Waals surface area contributed by atoms with Crippen molar-refractivity contribution < 1.29 is 19.1 Å². The highest BCUT2D eigenvalue weighted by atomic mass is 16.5. The number of carbonyl (C=O) groups excluding carboxylic acids is 2. The third-order valence-electron chi connectivity index (χ3n) is 3.20. The van der Waals surface area contributed by atoms with Gasteiger partial charge in [-0.15, -0.1) is 0 Å². The Morgan fingerprint density at radius 1 is 1.18 bits per heavy atom. The summed E-state index contributed by atoms with van der Waals surface area (Å²) in [7, 11) is 1.56. The molecule has 0 aromatic heterocycles. The first-order valence-corrected chi connectivity index (χ1v) is 7.42. The highest BCUT2D eigenvalue weighted by molar-refractivity contribution is 5.94. The Labute approximate surface area is 132 Å².